The highest BCUT2D eigenvalue weighted by Crippen LogP contribution is 2.40. The van der Waals surface area contributed by atoms with E-state index in [9.17, 15) is 24.6 Å². The van der Waals surface area contributed by atoms with E-state index in [-0.39, 0.29) is 44.8 Å². The molecule has 0 spiro atoms. The zero-order chi connectivity index (χ0) is 44.1. The summed E-state index contributed by atoms with van der Waals surface area (Å²) in [5.41, 5.74) is -0.910. The van der Waals surface area contributed by atoms with Crippen molar-refractivity contribution >= 4 is 40.4 Å². The summed E-state index contributed by atoms with van der Waals surface area (Å²) in [5.74, 6) is -5.30. The molecule has 5 heterocycles. The van der Waals surface area contributed by atoms with Gasteiger partial charge in [-0.25, -0.2) is 4.99 Å². The first-order valence-electron chi connectivity index (χ1n) is 20.9. The van der Waals surface area contributed by atoms with Crippen molar-refractivity contribution in [3.05, 3.63) is 41.4 Å². The number of aromatic nitrogens is 1. The highest BCUT2D eigenvalue weighted by molar-refractivity contribution is 7.13. The standard InChI is InChI=1S/C44H64N4O11S/c1-12-35-44(9,53)40-26(4)36(46-29(7)49)24(2)19-43(8,55-23-31(22-54-40)47-56-21-30-15-16-32(45-20-30)34-14-13-17-60-34)39(27(5)37(50)28(6)41(52)58-35)59-42-38(51)33(48(10)11)18-25(3)57-42/h13-17,20,24-28,33,35,38-40,42,51,53H,12,18-19,21-23H2,1-11H3/b46-36?,47-31+/t24-,25-,26+,27+,28-,33+,35-,38-,39-,40+,42+,43-,44-/m1/s1. The van der Waals surface area contributed by atoms with Crippen LogP contribution in [0.5, 0.6) is 0 Å². The molecule has 2 bridgehead atoms. The summed E-state index contributed by atoms with van der Waals surface area (Å²) in [6.45, 7) is 14.9. The molecule has 0 saturated carbocycles. The van der Waals surface area contributed by atoms with E-state index in [1.165, 1.54) is 20.8 Å². The Balaban J connectivity index is 1.63. The predicted molar refractivity (Wildman–Crippen MR) is 226 cm³/mol. The molecule has 16 heteroatoms. The van der Waals surface area contributed by atoms with Crippen LogP contribution in [-0.2, 0) is 49.5 Å². The Kier molecular flexibility index (Phi) is 16.0. The molecule has 5 rings (SSSR count). The van der Waals surface area contributed by atoms with E-state index in [2.05, 4.69) is 15.1 Å². The van der Waals surface area contributed by atoms with Crippen molar-refractivity contribution in [2.24, 2.45) is 33.8 Å². The Labute approximate surface area is 357 Å². The summed E-state index contributed by atoms with van der Waals surface area (Å²) in [5, 5.41) is 30.6. The lowest BCUT2D eigenvalue weighted by Crippen LogP contribution is -2.60. The molecule has 2 aromatic heterocycles. The number of thiophene rings is 1. The molecule has 0 unspecified atom stereocenters. The minimum Gasteiger partial charge on any atom is -0.459 e. The Morgan fingerprint density at radius 3 is 2.43 bits per heavy atom. The smallest absolute Gasteiger partial charge is 0.316 e. The minimum atomic E-state index is -1.85. The number of likely N-dealkylation sites (N-methyl/N-ethyl adjacent to an activating group) is 1. The molecule has 2 N–H and O–H groups in total. The van der Waals surface area contributed by atoms with E-state index >= 15 is 0 Å². The SMILES string of the molecule is CC[C@H]1OC(=O)[C@H](C)C(=O)[C@H](C)[C@@H](O[C@@H]2O[C@H](C)C[C@H](N(C)C)[C@H]2O)[C@@]2(C)C[C@@H](C)C(=NC(C)=O)[C@H](C)[C@H](OC/C(=N\OCc3ccc(-c4cccs4)nc3)CO2)[C@]1(C)O. The quantitative estimate of drug-likeness (QED) is 0.200. The third kappa shape index (κ3) is 10.9. The maximum Gasteiger partial charge on any atom is 0.316 e. The van der Waals surface area contributed by atoms with Crippen LogP contribution in [0.4, 0.5) is 0 Å². The lowest BCUT2D eigenvalue weighted by molar-refractivity contribution is -0.296. The zero-order valence-electron chi connectivity index (χ0n) is 36.8. The fourth-order valence-corrected chi connectivity index (χ4v) is 9.59. The number of oxime groups is 1. The molecular weight excluding hydrogens is 793 g/mol. The van der Waals surface area contributed by atoms with Crippen LogP contribution < -0.4 is 0 Å². The van der Waals surface area contributed by atoms with Crippen LogP contribution in [-0.4, -0.2) is 131 Å². The number of nitrogens with zero attached hydrogens (tertiary/aromatic N) is 4. The fourth-order valence-electron chi connectivity index (χ4n) is 8.88. The summed E-state index contributed by atoms with van der Waals surface area (Å²) in [4.78, 5) is 59.2. The van der Waals surface area contributed by atoms with Crippen molar-refractivity contribution in [2.75, 3.05) is 27.3 Å². The van der Waals surface area contributed by atoms with Crippen LogP contribution in [0.25, 0.3) is 10.6 Å². The van der Waals surface area contributed by atoms with Crippen LogP contribution in [0.15, 0.2) is 46.0 Å². The summed E-state index contributed by atoms with van der Waals surface area (Å²) in [6.07, 6.45) is -3.36. The maximum atomic E-state index is 14.5. The topological polar surface area (TPSA) is 188 Å². The van der Waals surface area contributed by atoms with E-state index in [0.717, 1.165) is 16.1 Å². The van der Waals surface area contributed by atoms with E-state index < -0.39 is 83.2 Å². The zero-order valence-corrected chi connectivity index (χ0v) is 37.6. The third-order valence-corrected chi connectivity index (χ3v) is 13.0. The molecule has 3 aliphatic heterocycles. The highest BCUT2D eigenvalue weighted by Gasteiger charge is 2.53. The number of aliphatic imine (C=N–C) groups is 1. The summed E-state index contributed by atoms with van der Waals surface area (Å²) in [7, 11) is 3.74. The van der Waals surface area contributed by atoms with Crippen LogP contribution in [0.2, 0.25) is 0 Å². The molecule has 0 radical (unpaired) electrons. The number of cyclic esters (lactones) is 1. The number of hydrogen-bond acceptors (Lipinski definition) is 15. The number of Topliss-reactive ketones (excluding diaryl/α,β-unsaturated/α-hetero) is 1. The molecule has 0 aliphatic carbocycles. The van der Waals surface area contributed by atoms with Gasteiger partial charge in [0.2, 0.25) is 5.91 Å². The van der Waals surface area contributed by atoms with Crippen molar-refractivity contribution in [1.82, 2.24) is 9.88 Å². The van der Waals surface area contributed by atoms with Crippen LogP contribution in [0, 0.1) is 23.7 Å². The number of amides is 1. The summed E-state index contributed by atoms with van der Waals surface area (Å²) < 4.78 is 32.5. The van der Waals surface area contributed by atoms with E-state index in [1.54, 1.807) is 38.3 Å². The molecular formula is C44H64N4O11S. The first-order chi connectivity index (χ1) is 28.3. The van der Waals surface area contributed by atoms with E-state index in [1.807, 2.05) is 69.4 Å². The first kappa shape index (κ1) is 47.6. The largest absolute Gasteiger partial charge is 0.459 e. The molecule has 3 saturated heterocycles. The number of carbonyl (C=O) groups excluding carboxylic acids is 3. The second-order valence-corrected chi connectivity index (χ2v) is 18.3. The number of ketones is 1. The molecule has 3 aliphatic rings. The van der Waals surface area contributed by atoms with Gasteiger partial charge in [-0.3, -0.25) is 19.4 Å². The monoisotopic (exact) mass is 856 g/mol. The Morgan fingerprint density at radius 1 is 1.08 bits per heavy atom. The van der Waals surface area contributed by atoms with Crippen molar-refractivity contribution in [3.63, 3.8) is 0 Å². The number of esters is 1. The molecule has 15 nitrogen and oxygen atoms in total. The Morgan fingerprint density at radius 2 is 1.82 bits per heavy atom. The lowest BCUT2D eigenvalue weighted by atomic mass is 9.73. The van der Waals surface area contributed by atoms with Gasteiger partial charge in [0.1, 0.15) is 36.0 Å². The first-order valence-corrected chi connectivity index (χ1v) is 21.8. The van der Waals surface area contributed by atoms with Gasteiger partial charge in [-0.2, -0.15) is 0 Å². The molecule has 3 fully saturated rings. The average Bonchev–Trinajstić information content (AvgIpc) is 3.74. The molecule has 1 amide bonds. The van der Waals surface area contributed by atoms with Crippen molar-refractivity contribution < 1.29 is 53.1 Å². The highest BCUT2D eigenvalue weighted by atomic mass is 32.1. The average molecular weight is 857 g/mol. The minimum absolute atomic E-state index is 0.0770. The summed E-state index contributed by atoms with van der Waals surface area (Å²) >= 11 is 1.60. The lowest BCUT2D eigenvalue weighted by Gasteiger charge is -2.47. The van der Waals surface area contributed by atoms with Gasteiger partial charge in [0.25, 0.3) is 0 Å². The molecule has 0 aromatic carbocycles. The van der Waals surface area contributed by atoms with Crippen LogP contribution in [0.1, 0.15) is 87.1 Å². The van der Waals surface area contributed by atoms with Gasteiger partial charge < -0.3 is 43.6 Å². The number of ether oxygens (including phenoxy) is 5. The second kappa shape index (κ2) is 20.1. The second-order valence-electron chi connectivity index (χ2n) is 17.3. The Bertz CT molecular complexity index is 1840. The number of fused-ring (bicyclic) bond motifs is 5. The maximum absolute atomic E-state index is 14.5. The number of aliphatic hydroxyl groups excluding tert-OH is 1. The van der Waals surface area contributed by atoms with Gasteiger partial charge >= 0.3 is 5.97 Å². The summed E-state index contributed by atoms with van der Waals surface area (Å²) in [6, 6.07) is 7.48. The number of rotatable bonds is 8. The van der Waals surface area contributed by atoms with Gasteiger partial charge in [-0.05, 0) is 84.5 Å². The predicted octanol–water partition coefficient (Wildman–Crippen LogP) is 5.25. The van der Waals surface area contributed by atoms with Crippen molar-refractivity contribution in [2.45, 2.75) is 142 Å². The van der Waals surface area contributed by atoms with Gasteiger partial charge in [-0.1, -0.05) is 45.0 Å². The van der Waals surface area contributed by atoms with Gasteiger partial charge in [0, 0.05) is 42.3 Å². The third-order valence-electron chi connectivity index (χ3n) is 12.1. The van der Waals surface area contributed by atoms with Crippen LogP contribution in [0.3, 0.4) is 0 Å². The molecule has 60 heavy (non-hydrogen) atoms. The normalized spacial score (nSPS) is 37.6. The van der Waals surface area contributed by atoms with E-state index in [0.29, 0.717) is 17.8 Å². The molecule has 332 valence electrons. The van der Waals surface area contributed by atoms with Gasteiger partial charge in [0.15, 0.2) is 12.1 Å². The van der Waals surface area contributed by atoms with Crippen molar-refractivity contribution in [3.8, 4) is 10.6 Å². The number of aliphatic hydroxyl groups is 2. The molecule has 13 atom stereocenters. The fraction of sp³-hybridized carbons (Fsp3) is 0.682. The van der Waals surface area contributed by atoms with Crippen LogP contribution >= 0.6 is 11.3 Å². The number of hydrogen-bond donors (Lipinski definition) is 2. The van der Waals surface area contributed by atoms with Gasteiger partial charge in [0.05, 0.1) is 47.7 Å². The molecule has 2 aromatic rings. The van der Waals surface area contributed by atoms with Gasteiger partial charge in [-0.15, -0.1) is 11.3 Å². The number of carbonyl (C=O) groups is 3. The Hall–Kier alpha value is -3.48. The number of pyridine rings is 1. The van der Waals surface area contributed by atoms with E-state index in [4.69, 9.17) is 28.5 Å². The van der Waals surface area contributed by atoms with Crippen molar-refractivity contribution in [1.29, 1.82) is 0 Å².